The third-order valence-electron chi connectivity index (χ3n) is 17.1. The zero-order chi connectivity index (χ0) is 52.3. The van der Waals surface area contributed by atoms with Gasteiger partial charge < -0.3 is 18.6 Å². The van der Waals surface area contributed by atoms with Gasteiger partial charge in [0.25, 0.3) is 0 Å². The fourth-order valence-corrected chi connectivity index (χ4v) is 13.3. The van der Waals surface area contributed by atoms with Crippen molar-refractivity contribution in [1.82, 2.24) is 13.7 Å². The van der Waals surface area contributed by atoms with Gasteiger partial charge in [0.15, 0.2) is 0 Å². The second-order valence-corrected chi connectivity index (χ2v) is 21.7. The Morgan fingerprint density at radius 1 is 0.253 bits per heavy atom. The summed E-state index contributed by atoms with van der Waals surface area (Å²) in [5.41, 5.74) is 23.7. The van der Waals surface area contributed by atoms with Gasteiger partial charge >= 0.3 is 0 Å². The van der Waals surface area contributed by atoms with Crippen molar-refractivity contribution in [2.45, 2.75) is 19.3 Å². The van der Waals surface area contributed by atoms with Crippen LogP contribution >= 0.6 is 0 Å². The smallest absolute Gasteiger partial charge is 0.0547 e. The Hall–Kier alpha value is -10.2. The van der Waals surface area contributed by atoms with Gasteiger partial charge in [0.2, 0.25) is 0 Å². The first-order valence-corrected chi connectivity index (χ1v) is 27.4. The number of aromatic nitrogens is 3. The first-order valence-electron chi connectivity index (χ1n) is 27.4. The minimum atomic E-state index is -0.260. The number of benzene rings is 12. The zero-order valence-corrected chi connectivity index (χ0v) is 43.8. The molecule has 0 radical (unpaired) electrons. The Morgan fingerprint density at radius 3 is 1.11 bits per heavy atom. The van der Waals surface area contributed by atoms with Crippen LogP contribution in [-0.4, -0.2) is 13.7 Å². The van der Waals surface area contributed by atoms with E-state index in [1.807, 2.05) is 0 Å². The molecule has 0 aliphatic heterocycles. The van der Waals surface area contributed by atoms with Gasteiger partial charge in [-0.25, -0.2) is 0 Å². The Labute approximate surface area is 458 Å². The molecule has 0 saturated heterocycles. The average Bonchev–Trinajstić information content (AvgIpc) is 4.42. The van der Waals surface area contributed by atoms with Gasteiger partial charge in [-0.15, -0.1) is 0 Å². The Morgan fingerprint density at radius 2 is 0.595 bits per heavy atom. The molecule has 16 rings (SSSR count). The first kappa shape index (κ1) is 45.1. The standard InChI is InChI=1S/C75H52N4/c1-75(2)67-47-57(41-44-59(67)60-45-42-58(48-68(60)75)79-72-26-14-8-20-63(72)64-21-9-15-27-73(64)79)76(55-37-39-56(40-38-55)77-69-23-11-6-18-61(69)62-19-7-12-24-70(62)77)54-35-32-50(33-36-54)49-28-30-51(31-29-49)52-34-43-66-65-22-10-13-25-71(65)78(74(66)46-52)53-16-4-3-5-17-53/h3-48H,1-2H3. The maximum absolute atomic E-state index is 2.44. The third kappa shape index (κ3) is 6.94. The molecular formula is C75H52N4. The Bertz CT molecular complexity index is 4790. The molecule has 3 heterocycles. The summed E-state index contributed by atoms with van der Waals surface area (Å²) in [6, 6.07) is 103. The summed E-state index contributed by atoms with van der Waals surface area (Å²) in [5, 5.41) is 7.58. The van der Waals surface area contributed by atoms with E-state index in [1.54, 1.807) is 0 Å². The molecule has 0 N–H and O–H groups in total. The summed E-state index contributed by atoms with van der Waals surface area (Å²) in [6.07, 6.45) is 0. The minimum Gasteiger partial charge on any atom is -0.310 e. The van der Waals surface area contributed by atoms with E-state index in [0.29, 0.717) is 0 Å². The molecule has 15 aromatic rings. The van der Waals surface area contributed by atoms with Crippen molar-refractivity contribution in [2.75, 3.05) is 4.90 Å². The topological polar surface area (TPSA) is 18.0 Å². The van der Waals surface area contributed by atoms with Crippen LogP contribution in [0.15, 0.2) is 279 Å². The number of nitrogens with zero attached hydrogens (tertiary/aromatic N) is 4. The molecule has 0 saturated carbocycles. The van der Waals surface area contributed by atoms with Crippen LogP contribution in [0.3, 0.4) is 0 Å². The van der Waals surface area contributed by atoms with Crippen molar-refractivity contribution in [1.29, 1.82) is 0 Å². The lowest BCUT2D eigenvalue weighted by Gasteiger charge is -2.28. The summed E-state index contributed by atoms with van der Waals surface area (Å²) in [4.78, 5) is 2.43. The molecule has 0 bridgehead atoms. The average molecular weight is 1010 g/mol. The van der Waals surface area contributed by atoms with Crippen molar-refractivity contribution in [3.63, 3.8) is 0 Å². The summed E-state index contributed by atoms with van der Waals surface area (Å²) < 4.78 is 7.22. The van der Waals surface area contributed by atoms with Crippen molar-refractivity contribution in [3.8, 4) is 50.4 Å². The van der Waals surface area contributed by atoms with Gasteiger partial charge in [0.05, 0.1) is 33.1 Å². The van der Waals surface area contributed by atoms with E-state index in [1.165, 1.54) is 116 Å². The van der Waals surface area contributed by atoms with Crippen LogP contribution in [0.2, 0.25) is 0 Å². The van der Waals surface area contributed by atoms with Crippen LogP contribution in [0, 0.1) is 0 Å². The fraction of sp³-hybridized carbons (Fsp3) is 0.0400. The molecule has 0 amide bonds. The van der Waals surface area contributed by atoms with E-state index in [0.717, 1.165) is 28.4 Å². The molecule has 12 aromatic carbocycles. The predicted octanol–water partition coefficient (Wildman–Crippen LogP) is 20.1. The summed E-state index contributed by atoms with van der Waals surface area (Å²) in [5.74, 6) is 0. The van der Waals surface area contributed by atoms with Crippen LogP contribution in [-0.2, 0) is 5.41 Å². The number of hydrogen-bond acceptors (Lipinski definition) is 1. The molecule has 1 aliphatic carbocycles. The lowest BCUT2D eigenvalue weighted by molar-refractivity contribution is 0.660. The van der Waals surface area contributed by atoms with E-state index >= 15 is 0 Å². The molecule has 0 spiro atoms. The maximum Gasteiger partial charge on any atom is 0.0547 e. The van der Waals surface area contributed by atoms with E-state index in [2.05, 4.69) is 312 Å². The quantitative estimate of drug-likeness (QED) is 0.148. The van der Waals surface area contributed by atoms with Crippen LogP contribution in [0.4, 0.5) is 17.1 Å². The number of fused-ring (bicyclic) bond motifs is 12. The normalized spacial score (nSPS) is 12.8. The van der Waals surface area contributed by atoms with E-state index in [4.69, 9.17) is 0 Å². The Kier molecular flexibility index (Phi) is 9.95. The number of rotatable bonds is 8. The Balaban J connectivity index is 0.772. The lowest BCUT2D eigenvalue weighted by atomic mass is 9.82. The molecule has 372 valence electrons. The van der Waals surface area contributed by atoms with E-state index in [9.17, 15) is 0 Å². The van der Waals surface area contributed by atoms with E-state index in [-0.39, 0.29) is 5.41 Å². The predicted molar refractivity (Wildman–Crippen MR) is 333 cm³/mol. The second-order valence-electron chi connectivity index (χ2n) is 21.7. The summed E-state index contributed by atoms with van der Waals surface area (Å²) in [6.45, 7) is 4.79. The summed E-state index contributed by atoms with van der Waals surface area (Å²) in [7, 11) is 0. The van der Waals surface area contributed by atoms with Gasteiger partial charge in [0.1, 0.15) is 0 Å². The molecule has 1 aliphatic rings. The van der Waals surface area contributed by atoms with Crippen molar-refractivity contribution >= 4 is 82.5 Å². The lowest BCUT2D eigenvalue weighted by Crippen LogP contribution is -2.17. The molecule has 79 heavy (non-hydrogen) atoms. The van der Waals surface area contributed by atoms with Gasteiger partial charge in [-0.1, -0.05) is 184 Å². The first-order chi connectivity index (χ1) is 38.9. The third-order valence-corrected chi connectivity index (χ3v) is 17.1. The van der Waals surface area contributed by atoms with Crippen molar-refractivity contribution in [3.05, 3.63) is 290 Å². The van der Waals surface area contributed by atoms with Crippen LogP contribution in [0.1, 0.15) is 25.0 Å². The molecule has 4 nitrogen and oxygen atoms in total. The zero-order valence-electron chi connectivity index (χ0n) is 43.8. The highest BCUT2D eigenvalue weighted by Gasteiger charge is 2.37. The highest BCUT2D eigenvalue weighted by molar-refractivity contribution is 6.12. The van der Waals surface area contributed by atoms with Gasteiger partial charge in [0, 0.05) is 71.9 Å². The largest absolute Gasteiger partial charge is 0.310 e. The molecule has 3 aromatic heterocycles. The minimum absolute atomic E-state index is 0.260. The molecule has 0 fully saturated rings. The van der Waals surface area contributed by atoms with Gasteiger partial charge in [-0.05, 0) is 154 Å². The highest BCUT2D eigenvalue weighted by atomic mass is 15.1. The molecule has 0 unspecified atom stereocenters. The monoisotopic (exact) mass is 1010 g/mol. The number of para-hydroxylation sites is 6. The van der Waals surface area contributed by atoms with Gasteiger partial charge in [-0.2, -0.15) is 0 Å². The van der Waals surface area contributed by atoms with Crippen LogP contribution in [0.25, 0.3) is 116 Å². The van der Waals surface area contributed by atoms with Crippen LogP contribution < -0.4 is 4.90 Å². The van der Waals surface area contributed by atoms with Crippen molar-refractivity contribution in [2.24, 2.45) is 0 Å². The van der Waals surface area contributed by atoms with Crippen LogP contribution in [0.5, 0.6) is 0 Å². The number of hydrogen-bond donors (Lipinski definition) is 0. The van der Waals surface area contributed by atoms with Crippen molar-refractivity contribution < 1.29 is 0 Å². The molecular weight excluding hydrogens is 957 g/mol. The maximum atomic E-state index is 2.44. The highest BCUT2D eigenvalue weighted by Crippen LogP contribution is 2.52. The second kappa shape index (κ2) is 17.4. The summed E-state index contributed by atoms with van der Waals surface area (Å²) >= 11 is 0. The number of anilines is 3. The molecule has 0 atom stereocenters. The van der Waals surface area contributed by atoms with Gasteiger partial charge in [-0.3, -0.25) is 0 Å². The molecule has 4 heteroatoms. The SMILES string of the molecule is CC1(C)c2cc(N(c3ccc(-c4ccc(-c5ccc6c7ccccc7n(-c7ccccc7)c6c5)cc4)cc3)c3ccc(-n4c5ccccc5c5ccccc54)cc3)ccc2-c2ccc(-n3c4ccccc4c4ccccc43)cc21. The fourth-order valence-electron chi connectivity index (χ4n) is 13.3. The van der Waals surface area contributed by atoms with E-state index < -0.39 is 0 Å².